The van der Waals surface area contributed by atoms with E-state index < -0.39 is 5.97 Å². The van der Waals surface area contributed by atoms with Gasteiger partial charge in [0.25, 0.3) is 0 Å². The topological polar surface area (TPSA) is 85.8 Å². The van der Waals surface area contributed by atoms with Gasteiger partial charge in [0.2, 0.25) is 5.91 Å². The lowest BCUT2D eigenvalue weighted by molar-refractivity contribution is -0.127. The molecule has 4 rings (SSSR count). The molecular weight excluding hydrogens is 344 g/mol. The number of rotatable bonds is 5. The van der Waals surface area contributed by atoms with Gasteiger partial charge in [-0.05, 0) is 57.2 Å². The van der Waals surface area contributed by atoms with Crippen molar-refractivity contribution >= 4 is 17.7 Å². The van der Waals surface area contributed by atoms with E-state index in [2.05, 4.69) is 20.1 Å². The molecule has 1 saturated carbocycles. The maximum absolute atomic E-state index is 12.4. The summed E-state index contributed by atoms with van der Waals surface area (Å²) >= 11 is 0. The van der Waals surface area contributed by atoms with Gasteiger partial charge in [-0.3, -0.25) is 9.69 Å². The van der Waals surface area contributed by atoms with Gasteiger partial charge < -0.3 is 15.3 Å². The fraction of sp³-hybridized carbons (Fsp3) is 0.650. The minimum Gasteiger partial charge on any atom is -0.478 e. The van der Waals surface area contributed by atoms with Crippen molar-refractivity contribution in [2.24, 2.45) is 5.92 Å². The number of anilines is 1. The minimum absolute atomic E-state index is 0.117. The van der Waals surface area contributed by atoms with Crippen molar-refractivity contribution in [3.63, 3.8) is 0 Å². The number of carbonyl (C=O) groups is 2. The van der Waals surface area contributed by atoms with Crippen LogP contribution in [-0.4, -0.2) is 65.1 Å². The van der Waals surface area contributed by atoms with Crippen LogP contribution >= 0.6 is 0 Å². The zero-order valence-corrected chi connectivity index (χ0v) is 15.6. The van der Waals surface area contributed by atoms with E-state index in [1.807, 2.05) is 0 Å². The van der Waals surface area contributed by atoms with Gasteiger partial charge in [0.1, 0.15) is 11.4 Å². The molecular formula is C20H28N4O3. The molecule has 0 spiro atoms. The van der Waals surface area contributed by atoms with Crippen LogP contribution in [0.5, 0.6) is 0 Å². The monoisotopic (exact) mass is 372 g/mol. The smallest absolute Gasteiger partial charge is 0.339 e. The van der Waals surface area contributed by atoms with Gasteiger partial charge in [-0.25, -0.2) is 9.78 Å². The van der Waals surface area contributed by atoms with E-state index in [9.17, 15) is 14.7 Å². The van der Waals surface area contributed by atoms with Gasteiger partial charge in [0, 0.05) is 37.9 Å². The number of carboxylic acid groups (broad SMARTS) is 1. The van der Waals surface area contributed by atoms with Crippen LogP contribution in [0.3, 0.4) is 0 Å². The summed E-state index contributed by atoms with van der Waals surface area (Å²) in [4.78, 5) is 32.7. The highest BCUT2D eigenvalue weighted by atomic mass is 16.4. The molecule has 2 saturated heterocycles. The van der Waals surface area contributed by atoms with Crippen molar-refractivity contribution in [2.45, 2.75) is 50.6 Å². The van der Waals surface area contributed by atoms with Crippen molar-refractivity contribution in [1.82, 2.24) is 15.2 Å². The number of amides is 1. The molecule has 1 atom stereocenters. The maximum Gasteiger partial charge on any atom is 0.339 e. The van der Waals surface area contributed by atoms with Gasteiger partial charge in [0.05, 0.1) is 5.92 Å². The summed E-state index contributed by atoms with van der Waals surface area (Å²) in [6.45, 7) is 3.52. The Labute approximate surface area is 159 Å². The number of aromatic nitrogens is 1. The Kier molecular flexibility index (Phi) is 5.29. The van der Waals surface area contributed by atoms with Crippen molar-refractivity contribution in [2.75, 3.05) is 31.1 Å². The Bertz CT molecular complexity index is 698. The van der Waals surface area contributed by atoms with E-state index in [0.717, 1.165) is 64.7 Å². The molecule has 3 fully saturated rings. The highest BCUT2D eigenvalue weighted by Gasteiger charge is 2.34. The SMILES string of the molecule is O=C(O)c1cccnc1N1CCC(N2CCC[C@@H](C(=O)NC3CC3)C2)CC1. The average Bonchev–Trinajstić information content (AvgIpc) is 3.52. The molecule has 7 heteroatoms. The number of carboxylic acids is 1. The molecule has 1 amide bonds. The van der Waals surface area contributed by atoms with E-state index in [0.29, 0.717) is 17.9 Å². The number of likely N-dealkylation sites (tertiary alicyclic amines) is 1. The summed E-state index contributed by atoms with van der Waals surface area (Å²) in [7, 11) is 0. The van der Waals surface area contributed by atoms with Crippen molar-refractivity contribution < 1.29 is 14.7 Å². The number of hydrogen-bond donors (Lipinski definition) is 2. The predicted octanol–water partition coefficient (Wildman–Crippen LogP) is 1.74. The van der Waals surface area contributed by atoms with E-state index in [1.54, 1.807) is 18.3 Å². The largest absolute Gasteiger partial charge is 0.478 e. The third-order valence-corrected chi connectivity index (χ3v) is 6.04. The van der Waals surface area contributed by atoms with Gasteiger partial charge in [0.15, 0.2) is 0 Å². The Morgan fingerprint density at radius 1 is 1.11 bits per heavy atom. The Hall–Kier alpha value is -2.15. The first-order chi connectivity index (χ1) is 13.1. The number of hydrogen-bond acceptors (Lipinski definition) is 5. The second-order valence-corrected chi connectivity index (χ2v) is 8.01. The highest BCUT2D eigenvalue weighted by molar-refractivity contribution is 5.93. The lowest BCUT2D eigenvalue weighted by Gasteiger charge is -2.42. The molecule has 0 unspecified atom stereocenters. The van der Waals surface area contributed by atoms with E-state index in [4.69, 9.17) is 0 Å². The zero-order valence-electron chi connectivity index (χ0n) is 15.6. The molecule has 0 aromatic carbocycles. The molecule has 27 heavy (non-hydrogen) atoms. The molecule has 3 heterocycles. The lowest BCUT2D eigenvalue weighted by Crippen LogP contribution is -2.51. The summed E-state index contributed by atoms with van der Waals surface area (Å²) < 4.78 is 0. The van der Waals surface area contributed by atoms with Crippen LogP contribution in [0, 0.1) is 5.92 Å². The summed E-state index contributed by atoms with van der Waals surface area (Å²) in [5.41, 5.74) is 0.269. The van der Waals surface area contributed by atoms with Crippen molar-refractivity contribution in [3.8, 4) is 0 Å². The molecule has 7 nitrogen and oxygen atoms in total. The van der Waals surface area contributed by atoms with Crippen LogP contribution in [0.15, 0.2) is 18.3 Å². The predicted molar refractivity (Wildman–Crippen MR) is 102 cm³/mol. The normalized spacial score (nSPS) is 24.6. The Balaban J connectivity index is 1.33. The molecule has 1 aromatic rings. The molecule has 0 bridgehead atoms. The molecule has 1 aliphatic carbocycles. The molecule has 1 aromatic heterocycles. The fourth-order valence-corrected chi connectivity index (χ4v) is 4.36. The summed E-state index contributed by atoms with van der Waals surface area (Å²) in [5.74, 6) is -0.00411. The number of piperidine rings is 2. The van der Waals surface area contributed by atoms with Crippen LogP contribution < -0.4 is 10.2 Å². The molecule has 3 aliphatic rings. The summed E-state index contributed by atoms with van der Waals surface area (Å²) in [6, 6.07) is 4.18. The summed E-state index contributed by atoms with van der Waals surface area (Å²) in [6.07, 6.45) is 7.94. The Morgan fingerprint density at radius 2 is 1.89 bits per heavy atom. The molecule has 2 N–H and O–H groups in total. The first-order valence-electron chi connectivity index (χ1n) is 10.1. The van der Waals surface area contributed by atoms with Crippen LogP contribution in [-0.2, 0) is 4.79 Å². The van der Waals surface area contributed by atoms with Crippen LogP contribution in [0.1, 0.15) is 48.9 Å². The maximum atomic E-state index is 12.4. The standard InChI is InChI=1S/C20H28N4O3/c25-19(22-15-5-6-15)14-3-2-10-24(13-14)16-7-11-23(12-8-16)18-17(20(26)27)4-1-9-21-18/h1,4,9,14-16H,2-3,5-8,10-13H2,(H,22,25)(H,26,27)/t14-/m1/s1. The number of aromatic carboxylic acids is 1. The van der Waals surface area contributed by atoms with E-state index in [-0.39, 0.29) is 17.4 Å². The van der Waals surface area contributed by atoms with E-state index in [1.165, 1.54) is 0 Å². The summed E-state index contributed by atoms with van der Waals surface area (Å²) in [5, 5.41) is 12.5. The van der Waals surface area contributed by atoms with Crippen molar-refractivity contribution in [1.29, 1.82) is 0 Å². The average molecular weight is 372 g/mol. The second-order valence-electron chi connectivity index (χ2n) is 8.01. The molecule has 2 aliphatic heterocycles. The number of nitrogens with zero attached hydrogens (tertiary/aromatic N) is 3. The third-order valence-electron chi connectivity index (χ3n) is 6.04. The van der Waals surface area contributed by atoms with Gasteiger partial charge in [-0.1, -0.05) is 0 Å². The first kappa shape index (κ1) is 18.2. The second kappa shape index (κ2) is 7.84. The zero-order chi connectivity index (χ0) is 18.8. The van der Waals surface area contributed by atoms with Crippen LogP contribution in [0.25, 0.3) is 0 Å². The number of pyridine rings is 1. The van der Waals surface area contributed by atoms with Gasteiger partial charge in [-0.15, -0.1) is 0 Å². The number of nitrogens with one attached hydrogen (secondary N) is 1. The highest BCUT2D eigenvalue weighted by Crippen LogP contribution is 2.28. The minimum atomic E-state index is -0.930. The molecule has 0 radical (unpaired) electrons. The number of carbonyl (C=O) groups excluding carboxylic acids is 1. The van der Waals surface area contributed by atoms with Gasteiger partial charge in [-0.2, -0.15) is 0 Å². The third kappa shape index (κ3) is 4.24. The van der Waals surface area contributed by atoms with Crippen LogP contribution in [0.4, 0.5) is 5.82 Å². The Morgan fingerprint density at radius 3 is 2.59 bits per heavy atom. The van der Waals surface area contributed by atoms with Crippen molar-refractivity contribution in [3.05, 3.63) is 23.9 Å². The fourth-order valence-electron chi connectivity index (χ4n) is 4.36. The molecule has 146 valence electrons. The quantitative estimate of drug-likeness (QED) is 0.819. The van der Waals surface area contributed by atoms with Crippen LogP contribution in [0.2, 0.25) is 0 Å². The van der Waals surface area contributed by atoms with Gasteiger partial charge >= 0.3 is 5.97 Å². The van der Waals surface area contributed by atoms with E-state index >= 15 is 0 Å². The lowest BCUT2D eigenvalue weighted by atomic mass is 9.93. The first-order valence-corrected chi connectivity index (χ1v) is 10.1.